The van der Waals surface area contributed by atoms with Crippen LogP contribution in [0.3, 0.4) is 0 Å². The molecule has 0 spiro atoms. The van der Waals surface area contributed by atoms with Crippen molar-refractivity contribution in [3.05, 3.63) is 29.8 Å². The average molecular weight is 156 g/mol. The number of benzene rings is 1. The van der Waals surface area contributed by atoms with Crippen molar-refractivity contribution < 1.29 is 4.70 Å². The SMILES string of the molecule is CCc1ccccc1[SiH3].F. The molecule has 0 nitrogen and oxygen atoms in total. The molecule has 0 aliphatic carbocycles. The molecule has 56 valence electrons. The summed E-state index contributed by atoms with van der Waals surface area (Å²) >= 11 is 0. The van der Waals surface area contributed by atoms with E-state index in [4.69, 9.17) is 0 Å². The fraction of sp³-hybridized carbons (Fsp3) is 0.250. The fourth-order valence-electron chi connectivity index (χ4n) is 1.01. The van der Waals surface area contributed by atoms with Gasteiger partial charge in [-0.15, -0.1) is 0 Å². The zero-order valence-electron chi connectivity index (χ0n) is 6.42. The largest absolute Gasteiger partial charge is 0.269 e. The minimum absolute atomic E-state index is 0. The Hall–Kier alpha value is -0.633. The van der Waals surface area contributed by atoms with Crippen LogP contribution < -0.4 is 5.19 Å². The van der Waals surface area contributed by atoms with E-state index >= 15 is 0 Å². The van der Waals surface area contributed by atoms with E-state index in [-0.39, 0.29) is 4.70 Å². The van der Waals surface area contributed by atoms with Gasteiger partial charge in [-0.25, -0.2) is 0 Å². The molecule has 1 aromatic carbocycles. The van der Waals surface area contributed by atoms with E-state index < -0.39 is 0 Å². The van der Waals surface area contributed by atoms with Crippen molar-refractivity contribution in [1.82, 2.24) is 0 Å². The number of halogens is 1. The van der Waals surface area contributed by atoms with Crippen LogP contribution in [0.25, 0.3) is 0 Å². The van der Waals surface area contributed by atoms with Crippen LogP contribution in [0, 0.1) is 0 Å². The van der Waals surface area contributed by atoms with Crippen LogP contribution in [0.2, 0.25) is 0 Å². The lowest BCUT2D eigenvalue weighted by Gasteiger charge is -1.98. The zero-order chi connectivity index (χ0) is 6.69. The van der Waals surface area contributed by atoms with Gasteiger partial charge in [0.2, 0.25) is 0 Å². The lowest BCUT2D eigenvalue weighted by Crippen LogP contribution is -2.07. The molecule has 1 rings (SSSR count). The third kappa shape index (κ3) is 1.95. The van der Waals surface area contributed by atoms with Crippen molar-refractivity contribution in [2.45, 2.75) is 13.3 Å². The maximum Gasteiger partial charge on any atom is 0.0388 e. The normalized spacial score (nSPS) is 8.90. The smallest absolute Gasteiger partial charge is 0.0388 e. The number of hydrogen-bond donors (Lipinski definition) is 0. The van der Waals surface area contributed by atoms with Crippen molar-refractivity contribution in [2.24, 2.45) is 0 Å². The number of rotatable bonds is 1. The summed E-state index contributed by atoms with van der Waals surface area (Å²) in [6.45, 7) is 2.21. The van der Waals surface area contributed by atoms with Crippen molar-refractivity contribution in [1.29, 1.82) is 0 Å². The first-order chi connectivity index (χ1) is 4.34. The summed E-state index contributed by atoms with van der Waals surface area (Å²) in [6, 6.07) is 8.65. The maximum absolute atomic E-state index is 2.21. The Morgan fingerprint density at radius 3 is 2.30 bits per heavy atom. The van der Waals surface area contributed by atoms with Gasteiger partial charge in [0.1, 0.15) is 0 Å². The molecule has 0 heterocycles. The standard InChI is InChI=1S/C8H12Si.FH/c1-2-7-5-3-4-6-8(7)9;/h3-6H,2H2,1,9H3;1H. The van der Waals surface area contributed by atoms with Crippen LogP contribution in [0.5, 0.6) is 0 Å². The summed E-state index contributed by atoms with van der Waals surface area (Å²) in [6.07, 6.45) is 1.18. The molecular weight excluding hydrogens is 143 g/mol. The Kier molecular flexibility index (Phi) is 3.96. The quantitative estimate of drug-likeness (QED) is 0.516. The molecule has 0 aliphatic rings. The van der Waals surface area contributed by atoms with Gasteiger partial charge >= 0.3 is 0 Å². The number of hydrogen-bond acceptors (Lipinski definition) is 0. The Morgan fingerprint density at radius 1 is 1.30 bits per heavy atom. The second kappa shape index (κ2) is 4.23. The van der Waals surface area contributed by atoms with E-state index in [1.807, 2.05) is 0 Å². The lowest BCUT2D eigenvalue weighted by molar-refractivity contribution is 1.11. The van der Waals surface area contributed by atoms with Gasteiger partial charge in [0.05, 0.1) is 0 Å². The van der Waals surface area contributed by atoms with Gasteiger partial charge < -0.3 is 0 Å². The summed E-state index contributed by atoms with van der Waals surface area (Å²) in [4.78, 5) is 0. The Bertz CT molecular complexity index is 198. The molecule has 0 aromatic heterocycles. The highest BCUT2D eigenvalue weighted by molar-refractivity contribution is 6.33. The average Bonchev–Trinajstić information content (AvgIpc) is 1.89. The molecule has 0 saturated heterocycles. The first kappa shape index (κ1) is 9.37. The van der Waals surface area contributed by atoms with Gasteiger partial charge in [0.25, 0.3) is 0 Å². The third-order valence-corrected chi connectivity index (χ3v) is 2.62. The third-order valence-electron chi connectivity index (χ3n) is 1.64. The fourth-order valence-corrected chi connectivity index (χ4v) is 1.72. The van der Waals surface area contributed by atoms with Crippen molar-refractivity contribution in [3.63, 3.8) is 0 Å². The van der Waals surface area contributed by atoms with Gasteiger partial charge in [-0.2, -0.15) is 0 Å². The highest BCUT2D eigenvalue weighted by atomic mass is 28.1. The van der Waals surface area contributed by atoms with E-state index in [9.17, 15) is 0 Å². The summed E-state index contributed by atoms with van der Waals surface area (Å²) in [7, 11) is 1.19. The molecule has 0 fully saturated rings. The predicted octanol–water partition coefficient (Wildman–Crippen LogP) is 0.392. The molecule has 0 radical (unpaired) electrons. The van der Waals surface area contributed by atoms with Gasteiger partial charge in [-0.05, 0) is 6.42 Å². The van der Waals surface area contributed by atoms with Crippen LogP contribution in [-0.2, 0) is 6.42 Å². The lowest BCUT2D eigenvalue weighted by atomic mass is 10.2. The van der Waals surface area contributed by atoms with Crippen LogP contribution in [0.4, 0.5) is 4.70 Å². The highest BCUT2D eigenvalue weighted by Gasteiger charge is 1.89. The molecule has 0 aliphatic heterocycles. The molecule has 10 heavy (non-hydrogen) atoms. The van der Waals surface area contributed by atoms with E-state index in [0.717, 1.165) is 0 Å². The molecule has 1 aromatic rings. The van der Waals surface area contributed by atoms with E-state index in [0.29, 0.717) is 0 Å². The molecule has 0 N–H and O–H groups in total. The van der Waals surface area contributed by atoms with Gasteiger partial charge in [-0.1, -0.05) is 41.9 Å². The van der Waals surface area contributed by atoms with Gasteiger partial charge in [0.15, 0.2) is 0 Å². The Labute approximate surface area is 64.1 Å². The van der Waals surface area contributed by atoms with Crippen LogP contribution in [0.15, 0.2) is 24.3 Å². The minimum Gasteiger partial charge on any atom is -0.269 e. The van der Waals surface area contributed by atoms with E-state index in [1.165, 1.54) is 22.2 Å². The molecule has 0 unspecified atom stereocenters. The van der Waals surface area contributed by atoms with Crippen molar-refractivity contribution in [2.75, 3.05) is 0 Å². The summed E-state index contributed by atoms with van der Waals surface area (Å²) in [5, 5.41) is 1.54. The molecule has 2 heteroatoms. The van der Waals surface area contributed by atoms with Crippen molar-refractivity contribution >= 4 is 15.4 Å². The highest BCUT2D eigenvalue weighted by Crippen LogP contribution is 1.93. The topological polar surface area (TPSA) is 0 Å². The predicted molar refractivity (Wildman–Crippen MR) is 47.9 cm³/mol. The van der Waals surface area contributed by atoms with Crippen LogP contribution in [-0.4, -0.2) is 10.2 Å². The molecule has 0 bridgehead atoms. The Balaban J connectivity index is 0.000000810. The summed E-state index contributed by atoms with van der Waals surface area (Å²) in [5.74, 6) is 0. The second-order valence-electron chi connectivity index (χ2n) is 2.28. The van der Waals surface area contributed by atoms with E-state index in [2.05, 4.69) is 31.2 Å². The maximum atomic E-state index is 2.21. The Morgan fingerprint density at radius 2 is 1.90 bits per heavy atom. The molecular formula is C8H13FSi. The first-order valence-electron chi connectivity index (χ1n) is 3.39. The minimum atomic E-state index is 0. The summed E-state index contributed by atoms with van der Waals surface area (Å²) in [5.41, 5.74) is 1.52. The second-order valence-corrected chi connectivity index (χ2v) is 3.36. The van der Waals surface area contributed by atoms with Gasteiger partial charge in [0, 0.05) is 10.2 Å². The molecule has 0 saturated carbocycles. The number of aryl methyl sites for hydroxylation is 1. The van der Waals surface area contributed by atoms with E-state index in [1.54, 1.807) is 5.19 Å². The van der Waals surface area contributed by atoms with Crippen molar-refractivity contribution in [3.8, 4) is 0 Å². The van der Waals surface area contributed by atoms with Gasteiger partial charge in [-0.3, -0.25) is 4.70 Å². The molecule has 0 amide bonds. The van der Waals surface area contributed by atoms with Crippen LogP contribution >= 0.6 is 0 Å². The first-order valence-corrected chi connectivity index (χ1v) is 4.39. The monoisotopic (exact) mass is 156 g/mol. The van der Waals surface area contributed by atoms with Crippen LogP contribution in [0.1, 0.15) is 12.5 Å². The molecule has 0 atom stereocenters. The zero-order valence-corrected chi connectivity index (χ0v) is 8.42. The summed E-state index contributed by atoms with van der Waals surface area (Å²) < 4.78 is 0.